The Morgan fingerprint density at radius 1 is 1.43 bits per heavy atom. The molecule has 14 heavy (non-hydrogen) atoms. The van der Waals surface area contributed by atoms with E-state index in [2.05, 4.69) is 6.58 Å². The van der Waals surface area contributed by atoms with Crippen LogP contribution >= 0.6 is 0 Å². The smallest absolute Gasteiger partial charge is 0.258 e. The third-order valence-corrected chi connectivity index (χ3v) is 1.80. The minimum Gasteiger partial charge on any atom is -0.258 e. The lowest BCUT2D eigenvalue weighted by molar-refractivity contribution is -0.385. The van der Waals surface area contributed by atoms with Gasteiger partial charge in [0.1, 0.15) is 0 Å². The lowest BCUT2D eigenvalue weighted by Crippen LogP contribution is -1.93. The van der Waals surface area contributed by atoms with Gasteiger partial charge in [0.25, 0.3) is 5.69 Å². The molecule has 0 radical (unpaired) electrons. The zero-order valence-corrected chi connectivity index (χ0v) is 7.72. The van der Waals surface area contributed by atoms with Gasteiger partial charge >= 0.3 is 0 Å². The Balaban J connectivity index is 2.89. The van der Waals surface area contributed by atoms with Crippen molar-refractivity contribution in [3.63, 3.8) is 0 Å². The molecule has 1 rings (SSSR count). The molecule has 72 valence electrons. The molecule has 0 spiro atoms. The summed E-state index contributed by atoms with van der Waals surface area (Å²) in [5.41, 5.74) is 0.886. The zero-order valence-electron chi connectivity index (χ0n) is 7.72. The number of nitrogens with zero attached hydrogens (tertiary/aromatic N) is 1. The van der Waals surface area contributed by atoms with Gasteiger partial charge < -0.3 is 0 Å². The number of hydrogen-bond acceptors (Lipinski definition) is 2. The van der Waals surface area contributed by atoms with Crippen molar-refractivity contribution in [2.75, 3.05) is 0 Å². The van der Waals surface area contributed by atoms with E-state index in [9.17, 15) is 10.1 Å². The van der Waals surface area contributed by atoms with E-state index in [1.54, 1.807) is 30.4 Å². The second-order valence-corrected chi connectivity index (χ2v) is 2.75. The van der Waals surface area contributed by atoms with Crippen LogP contribution in [-0.4, -0.2) is 4.92 Å². The Morgan fingerprint density at radius 2 is 2.14 bits per heavy atom. The molecule has 3 nitrogen and oxygen atoms in total. The molecule has 1 aromatic carbocycles. The fourth-order valence-electron chi connectivity index (χ4n) is 1.15. The number of para-hydroxylation sites is 1. The molecule has 0 bridgehead atoms. The summed E-state index contributed by atoms with van der Waals surface area (Å²) in [6, 6.07) is 6.73. The molecular formula is C11H11NO2. The molecule has 0 amide bonds. The van der Waals surface area contributed by atoms with Gasteiger partial charge in [-0.05, 0) is 6.42 Å². The van der Waals surface area contributed by atoms with Gasteiger partial charge in [-0.25, -0.2) is 0 Å². The number of hydrogen-bond donors (Lipinski definition) is 0. The largest absolute Gasteiger partial charge is 0.272 e. The van der Waals surface area contributed by atoms with E-state index in [4.69, 9.17) is 0 Å². The predicted molar refractivity (Wildman–Crippen MR) is 56.1 cm³/mol. The molecule has 0 aliphatic heterocycles. The summed E-state index contributed by atoms with van der Waals surface area (Å²) in [6.07, 6.45) is 5.82. The van der Waals surface area contributed by atoms with Crippen molar-refractivity contribution in [3.8, 4) is 0 Å². The quantitative estimate of drug-likeness (QED) is 0.415. The zero-order chi connectivity index (χ0) is 10.4. The second kappa shape index (κ2) is 4.97. The SMILES string of the molecule is C=CC=CCc1ccccc1[N+](=O)[O-]. The third kappa shape index (κ3) is 2.55. The molecule has 1 aromatic rings. The van der Waals surface area contributed by atoms with E-state index in [1.807, 2.05) is 6.08 Å². The fourth-order valence-corrected chi connectivity index (χ4v) is 1.15. The summed E-state index contributed by atoms with van der Waals surface area (Å²) in [4.78, 5) is 10.3. The molecular weight excluding hydrogens is 178 g/mol. The standard InChI is InChI=1S/C11H11NO2/c1-2-3-4-7-10-8-5-6-9-11(10)12(13)14/h2-6,8-9H,1,7H2. The highest BCUT2D eigenvalue weighted by Crippen LogP contribution is 2.18. The van der Waals surface area contributed by atoms with Crippen LogP contribution in [0.3, 0.4) is 0 Å². The van der Waals surface area contributed by atoms with E-state index < -0.39 is 0 Å². The van der Waals surface area contributed by atoms with Crippen LogP contribution in [0.25, 0.3) is 0 Å². The van der Waals surface area contributed by atoms with Gasteiger partial charge in [-0.2, -0.15) is 0 Å². The summed E-state index contributed by atoms with van der Waals surface area (Å²) in [6.45, 7) is 3.53. The average molecular weight is 189 g/mol. The van der Waals surface area contributed by atoms with E-state index in [1.165, 1.54) is 6.07 Å². The maximum Gasteiger partial charge on any atom is 0.272 e. The van der Waals surface area contributed by atoms with Crippen molar-refractivity contribution in [1.29, 1.82) is 0 Å². The fraction of sp³-hybridized carbons (Fsp3) is 0.0909. The van der Waals surface area contributed by atoms with Crippen molar-refractivity contribution in [3.05, 3.63) is 64.8 Å². The Kier molecular flexibility index (Phi) is 3.61. The van der Waals surface area contributed by atoms with Gasteiger partial charge in [-0.1, -0.05) is 43.0 Å². The molecule has 0 aliphatic rings. The summed E-state index contributed by atoms with van der Waals surface area (Å²) < 4.78 is 0. The minimum atomic E-state index is -0.364. The molecule has 0 aromatic heterocycles. The first-order valence-electron chi connectivity index (χ1n) is 4.25. The minimum absolute atomic E-state index is 0.168. The lowest BCUT2D eigenvalue weighted by Gasteiger charge is -1.97. The molecule has 0 heterocycles. The van der Waals surface area contributed by atoms with Crippen LogP contribution in [0, 0.1) is 10.1 Å². The Morgan fingerprint density at radius 3 is 2.79 bits per heavy atom. The first kappa shape index (κ1) is 10.2. The molecule has 0 saturated carbocycles. The van der Waals surface area contributed by atoms with Crippen LogP contribution in [0.1, 0.15) is 5.56 Å². The van der Waals surface area contributed by atoms with Gasteiger partial charge in [0, 0.05) is 11.6 Å². The lowest BCUT2D eigenvalue weighted by atomic mass is 10.1. The van der Waals surface area contributed by atoms with Crippen LogP contribution in [-0.2, 0) is 6.42 Å². The van der Waals surface area contributed by atoms with Crippen LogP contribution in [0.4, 0.5) is 5.69 Å². The maximum atomic E-state index is 10.6. The number of benzene rings is 1. The Bertz CT molecular complexity index is 369. The molecule has 0 aliphatic carbocycles. The van der Waals surface area contributed by atoms with E-state index >= 15 is 0 Å². The average Bonchev–Trinajstić information content (AvgIpc) is 2.19. The Hall–Kier alpha value is -1.90. The van der Waals surface area contributed by atoms with Gasteiger partial charge in [0.2, 0.25) is 0 Å². The monoisotopic (exact) mass is 189 g/mol. The van der Waals surface area contributed by atoms with Gasteiger partial charge in [0.15, 0.2) is 0 Å². The highest BCUT2D eigenvalue weighted by Gasteiger charge is 2.09. The maximum absolute atomic E-state index is 10.6. The summed E-state index contributed by atoms with van der Waals surface area (Å²) in [5.74, 6) is 0. The topological polar surface area (TPSA) is 43.1 Å². The van der Waals surface area contributed by atoms with Gasteiger partial charge in [-0.3, -0.25) is 10.1 Å². The third-order valence-electron chi connectivity index (χ3n) is 1.80. The number of nitro groups is 1. The van der Waals surface area contributed by atoms with Crippen molar-refractivity contribution in [2.45, 2.75) is 6.42 Å². The van der Waals surface area contributed by atoms with E-state index in [0.29, 0.717) is 6.42 Å². The van der Waals surface area contributed by atoms with Crippen molar-refractivity contribution < 1.29 is 4.92 Å². The van der Waals surface area contributed by atoms with E-state index in [0.717, 1.165) is 5.56 Å². The van der Waals surface area contributed by atoms with Gasteiger partial charge in [0.05, 0.1) is 4.92 Å². The molecule has 0 N–H and O–H groups in total. The molecule has 0 saturated heterocycles. The summed E-state index contributed by atoms with van der Waals surface area (Å²) in [7, 11) is 0. The van der Waals surface area contributed by atoms with E-state index in [-0.39, 0.29) is 10.6 Å². The van der Waals surface area contributed by atoms with Crippen molar-refractivity contribution in [1.82, 2.24) is 0 Å². The Labute approximate surface area is 82.5 Å². The van der Waals surface area contributed by atoms with Crippen LogP contribution in [0.2, 0.25) is 0 Å². The van der Waals surface area contributed by atoms with Crippen LogP contribution in [0.15, 0.2) is 49.1 Å². The first-order valence-corrected chi connectivity index (χ1v) is 4.25. The number of rotatable bonds is 4. The predicted octanol–water partition coefficient (Wildman–Crippen LogP) is 2.88. The highest BCUT2D eigenvalue weighted by atomic mass is 16.6. The van der Waals surface area contributed by atoms with Gasteiger partial charge in [-0.15, -0.1) is 0 Å². The van der Waals surface area contributed by atoms with Crippen molar-refractivity contribution in [2.24, 2.45) is 0 Å². The van der Waals surface area contributed by atoms with Crippen molar-refractivity contribution >= 4 is 5.69 Å². The summed E-state index contributed by atoms with van der Waals surface area (Å²) in [5, 5.41) is 10.6. The molecule has 0 atom stereocenters. The number of allylic oxidation sites excluding steroid dienone is 3. The normalized spacial score (nSPS) is 10.3. The van der Waals surface area contributed by atoms with Crippen LogP contribution in [0.5, 0.6) is 0 Å². The first-order chi connectivity index (χ1) is 6.75. The highest BCUT2D eigenvalue weighted by molar-refractivity contribution is 5.40. The second-order valence-electron chi connectivity index (χ2n) is 2.75. The van der Waals surface area contributed by atoms with Crippen LogP contribution < -0.4 is 0 Å². The summed E-state index contributed by atoms with van der Waals surface area (Å²) >= 11 is 0. The molecule has 0 unspecified atom stereocenters. The number of nitro benzene ring substituents is 1. The molecule has 3 heteroatoms. The molecule has 0 fully saturated rings.